The third kappa shape index (κ3) is 3.54. The highest BCUT2D eigenvalue weighted by Gasteiger charge is 2.44. The molecule has 0 aromatic heterocycles. The molecular formula is C8H2BrClF6O2S. The minimum atomic E-state index is -5.32. The first-order valence-electron chi connectivity index (χ1n) is 4.18. The van der Waals surface area contributed by atoms with Crippen LogP contribution in [0.5, 0.6) is 0 Å². The van der Waals surface area contributed by atoms with Crippen molar-refractivity contribution < 1.29 is 34.8 Å². The molecule has 0 atom stereocenters. The van der Waals surface area contributed by atoms with Crippen LogP contribution < -0.4 is 0 Å². The van der Waals surface area contributed by atoms with E-state index in [0.717, 1.165) is 0 Å². The fourth-order valence-corrected chi connectivity index (χ4v) is 3.25. The molecule has 0 saturated carbocycles. The Morgan fingerprint density at radius 2 is 1.47 bits per heavy atom. The summed E-state index contributed by atoms with van der Waals surface area (Å²) in [6.07, 6.45) is -10.4. The number of alkyl halides is 6. The van der Waals surface area contributed by atoms with Crippen molar-refractivity contribution in [3.8, 4) is 0 Å². The largest absolute Gasteiger partial charge is 0.418 e. The fourth-order valence-electron chi connectivity index (χ4n) is 1.24. The van der Waals surface area contributed by atoms with Gasteiger partial charge in [-0.05, 0) is 28.1 Å². The van der Waals surface area contributed by atoms with E-state index in [-0.39, 0.29) is 12.1 Å². The number of hydrogen-bond donors (Lipinski definition) is 0. The summed E-state index contributed by atoms with van der Waals surface area (Å²) in [4.78, 5) is -1.44. The van der Waals surface area contributed by atoms with Gasteiger partial charge in [-0.25, -0.2) is 8.42 Å². The van der Waals surface area contributed by atoms with Crippen LogP contribution in [0.15, 0.2) is 21.5 Å². The van der Waals surface area contributed by atoms with Crippen molar-refractivity contribution in [3.05, 3.63) is 27.7 Å². The van der Waals surface area contributed by atoms with Crippen molar-refractivity contribution in [1.29, 1.82) is 0 Å². The molecule has 0 aliphatic rings. The summed E-state index contributed by atoms with van der Waals surface area (Å²) < 4.78 is 96.0. The molecule has 0 heterocycles. The van der Waals surface area contributed by atoms with Crippen LogP contribution in [0.4, 0.5) is 26.3 Å². The standard InChI is InChI=1S/C8H2BrClF6O2S/c9-6-3(7(11,12)13)1-2-4(19(10,17)18)5(6)8(14,15)16/h1-2H. The molecule has 0 fully saturated rings. The van der Waals surface area contributed by atoms with E-state index in [4.69, 9.17) is 10.7 Å². The molecule has 0 unspecified atom stereocenters. The maximum absolute atomic E-state index is 12.7. The van der Waals surface area contributed by atoms with Crippen molar-refractivity contribution in [2.45, 2.75) is 17.2 Å². The number of hydrogen-bond acceptors (Lipinski definition) is 2. The van der Waals surface area contributed by atoms with Gasteiger partial charge in [0.25, 0.3) is 9.05 Å². The third-order valence-corrected chi connectivity index (χ3v) is 4.14. The maximum Gasteiger partial charge on any atom is 0.418 e. The van der Waals surface area contributed by atoms with Crippen molar-refractivity contribution in [2.75, 3.05) is 0 Å². The smallest absolute Gasteiger partial charge is 0.207 e. The van der Waals surface area contributed by atoms with Gasteiger partial charge in [0.15, 0.2) is 0 Å². The van der Waals surface area contributed by atoms with E-state index in [1.54, 1.807) is 0 Å². The van der Waals surface area contributed by atoms with Crippen LogP contribution in [0.2, 0.25) is 0 Å². The fraction of sp³-hybridized carbons (Fsp3) is 0.250. The average Bonchev–Trinajstić information content (AvgIpc) is 2.11. The van der Waals surface area contributed by atoms with Crippen LogP contribution in [-0.4, -0.2) is 8.42 Å². The lowest BCUT2D eigenvalue weighted by atomic mass is 10.1. The molecule has 1 aromatic rings. The van der Waals surface area contributed by atoms with E-state index in [9.17, 15) is 34.8 Å². The third-order valence-electron chi connectivity index (χ3n) is 1.96. The van der Waals surface area contributed by atoms with Gasteiger partial charge in [-0.15, -0.1) is 0 Å². The monoisotopic (exact) mass is 390 g/mol. The quantitative estimate of drug-likeness (QED) is 0.525. The van der Waals surface area contributed by atoms with Gasteiger partial charge in [-0.3, -0.25) is 0 Å². The summed E-state index contributed by atoms with van der Waals surface area (Å²) in [5.41, 5.74) is -3.64. The molecule has 2 nitrogen and oxygen atoms in total. The zero-order valence-electron chi connectivity index (χ0n) is 8.40. The zero-order chi connectivity index (χ0) is 15.2. The molecule has 0 spiro atoms. The van der Waals surface area contributed by atoms with Gasteiger partial charge in [0.2, 0.25) is 0 Å². The number of benzene rings is 1. The summed E-state index contributed by atoms with van der Waals surface area (Å²) in [6.45, 7) is 0. The van der Waals surface area contributed by atoms with Gasteiger partial charge in [0.1, 0.15) is 0 Å². The first-order valence-corrected chi connectivity index (χ1v) is 7.28. The number of halogens is 8. The first-order chi connectivity index (χ1) is 8.26. The molecular weight excluding hydrogens is 389 g/mol. The number of rotatable bonds is 1. The highest BCUT2D eigenvalue weighted by molar-refractivity contribution is 9.10. The molecule has 19 heavy (non-hydrogen) atoms. The normalized spacial score (nSPS) is 13.7. The van der Waals surface area contributed by atoms with Crippen LogP contribution >= 0.6 is 26.6 Å². The molecule has 11 heteroatoms. The van der Waals surface area contributed by atoms with Gasteiger partial charge >= 0.3 is 12.4 Å². The Labute approximate surface area is 115 Å². The van der Waals surface area contributed by atoms with Crippen LogP contribution in [0.3, 0.4) is 0 Å². The molecule has 0 N–H and O–H groups in total. The van der Waals surface area contributed by atoms with Gasteiger partial charge in [-0.1, -0.05) is 0 Å². The predicted octanol–water partition coefficient (Wildman–Crippen LogP) is 4.41. The molecule has 1 rings (SSSR count). The molecule has 108 valence electrons. The Morgan fingerprint density at radius 3 is 1.79 bits per heavy atom. The molecule has 0 aliphatic carbocycles. The molecule has 0 saturated heterocycles. The molecule has 0 amide bonds. The van der Waals surface area contributed by atoms with Crippen molar-refractivity contribution >= 4 is 35.7 Å². The summed E-state index contributed by atoms with van der Waals surface area (Å²) in [5.74, 6) is 0. The van der Waals surface area contributed by atoms with E-state index in [1.807, 2.05) is 0 Å². The average molecular weight is 392 g/mol. The molecule has 0 bridgehead atoms. The lowest BCUT2D eigenvalue weighted by Gasteiger charge is -2.17. The van der Waals surface area contributed by atoms with E-state index in [2.05, 4.69) is 15.9 Å². The Hall–Kier alpha value is -0.480. The highest BCUT2D eigenvalue weighted by Crippen LogP contribution is 2.45. The molecule has 0 radical (unpaired) electrons. The Bertz CT molecular complexity index is 607. The first kappa shape index (κ1) is 16.6. The second-order valence-corrected chi connectivity index (χ2v) is 6.56. The van der Waals surface area contributed by atoms with E-state index in [1.165, 1.54) is 0 Å². The van der Waals surface area contributed by atoms with Crippen molar-refractivity contribution in [2.24, 2.45) is 0 Å². The van der Waals surface area contributed by atoms with Gasteiger partial charge < -0.3 is 0 Å². The summed E-state index contributed by atoms with van der Waals surface area (Å²) >= 11 is 2.13. The molecule has 0 aliphatic heterocycles. The van der Waals surface area contributed by atoms with E-state index < -0.39 is 41.9 Å². The SMILES string of the molecule is O=S(=O)(Cl)c1ccc(C(F)(F)F)c(Br)c1C(F)(F)F. The van der Waals surface area contributed by atoms with E-state index in [0.29, 0.717) is 0 Å². The zero-order valence-corrected chi connectivity index (χ0v) is 11.6. The summed E-state index contributed by atoms with van der Waals surface area (Å²) in [6, 6.07) is 0.368. The molecule has 1 aromatic carbocycles. The summed E-state index contributed by atoms with van der Waals surface area (Å²) in [5, 5.41) is 0. The predicted molar refractivity (Wildman–Crippen MR) is 57.2 cm³/mol. The summed E-state index contributed by atoms with van der Waals surface area (Å²) in [7, 11) is -0.0680. The minimum absolute atomic E-state index is 0.165. The Balaban J connectivity index is 3.81. The van der Waals surface area contributed by atoms with Gasteiger partial charge in [0.05, 0.1) is 16.0 Å². The van der Waals surface area contributed by atoms with Crippen LogP contribution in [0, 0.1) is 0 Å². The minimum Gasteiger partial charge on any atom is -0.207 e. The lowest BCUT2D eigenvalue weighted by molar-refractivity contribution is -0.145. The Morgan fingerprint density at radius 1 is 1.00 bits per heavy atom. The van der Waals surface area contributed by atoms with Crippen molar-refractivity contribution in [1.82, 2.24) is 0 Å². The van der Waals surface area contributed by atoms with Crippen LogP contribution in [-0.2, 0) is 21.4 Å². The second-order valence-electron chi connectivity index (χ2n) is 3.23. The topological polar surface area (TPSA) is 34.1 Å². The van der Waals surface area contributed by atoms with Crippen molar-refractivity contribution in [3.63, 3.8) is 0 Å². The van der Waals surface area contributed by atoms with Crippen LogP contribution in [0.1, 0.15) is 11.1 Å². The maximum atomic E-state index is 12.7. The lowest BCUT2D eigenvalue weighted by Crippen LogP contribution is -2.16. The van der Waals surface area contributed by atoms with Crippen LogP contribution in [0.25, 0.3) is 0 Å². The second kappa shape index (κ2) is 4.81. The van der Waals surface area contributed by atoms with Gasteiger partial charge in [-0.2, -0.15) is 26.3 Å². The van der Waals surface area contributed by atoms with Gasteiger partial charge in [0, 0.05) is 15.2 Å². The Kier molecular flexibility index (Phi) is 4.20. The highest BCUT2D eigenvalue weighted by atomic mass is 79.9. The van der Waals surface area contributed by atoms with E-state index >= 15 is 0 Å².